The summed E-state index contributed by atoms with van der Waals surface area (Å²) in [4.78, 5) is 21.8. The normalized spacial score (nSPS) is 19.5. The number of hydrogen-bond donors (Lipinski definition) is 0. The maximum Gasteiger partial charge on any atom is 0.410 e. The van der Waals surface area contributed by atoms with Gasteiger partial charge in [0, 0.05) is 25.5 Å². The third kappa shape index (κ3) is 4.19. The maximum absolute atomic E-state index is 11.9. The molecule has 1 amide bonds. The second kappa shape index (κ2) is 5.55. The first-order chi connectivity index (χ1) is 8.94. The summed E-state index contributed by atoms with van der Waals surface area (Å²) in [7, 11) is 0. The van der Waals surface area contributed by atoms with Gasteiger partial charge in [-0.05, 0) is 45.1 Å². The molecule has 1 aliphatic heterocycles. The van der Waals surface area contributed by atoms with Gasteiger partial charge in [-0.3, -0.25) is 0 Å². The van der Waals surface area contributed by atoms with E-state index in [4.69, 9.17) is 4.74 Å². The molecule has 1 saturated heterocycles. The van der Waals surface area contributed by atoms with Crippen LogP contribution in [0.1, 0.15) is 32.8 Å². The summed E-state index contributed by atoms with van der Waals surface area (Å²) in [6.45, 7) is 7.19. The Morgan fingerprint density at radius 1 is 1.42 bits per heavy atom. The summed E-state index contributed by atoms with van der Waals surface area (Å²) in [5.41, 5.74) is 0.696. The third-order valence-electron chi connectivity index (χ3n) is 3.08. The van der Waals surface area contributed by atoms with Crippen LogP contribution >= 0.6 is 0 Å². The topological polar surface area (TPSA) is 55.3 Å². The molecule has 1 fully saturated rings. The van der Waals surface area contributed by atoms with Crippen LogP contribution in [-0.2, 0) is 11.2 Å². The van der Waals surface area contributed by atoms with Gasteiger partial charge in [-0.1, -0.05) is 0 Å². The van der Waals surface area contributed by atoms with Crippen LogP contribution in [0.15, 0.2) is 18.7 Å². The number of aromatic nitrogens is 2. The van der Waals surface area contributed by atoms with E-state index < -0.39 is 5.60 Å². The molecule has 0 bridgehead atoms. The lowest BCUT2D eigenvalue weighted by molar-refractivity contribution is 0.0288. The van der Waals surface area contributed by atoms with Gasteiger partial charge in [0.05, 0.1) is 0 Å². The van der Waals surface area contributed by atoms with E-state index in [1.54, 1.807) is 4.90 Å². The van der Waals surface area contributed by atoms with Gasteiger partial charge >= 0.3 is 6.09 Å². The van der Waals surface area contributed by atoms with Crippen LogP contribution < -0.4 is 0 Å². The Balaban J connectivity index is 1.85. The molecule has 5 nitrogen and oxygen atoms in total. The maximum atomic E-state index is 11.9. The SMILES string of the molecule is CC(C)(C)OC(=O)N1CCC(Cc2cncnc2)C1. The smallest absolute Gasteiger partial charge is 0.410 e. The number of carbonyl (C=O) groups excluding carboxylic acids is 1. The largest absolute Gasteiger partial charge is 0.444 e. The lowest BCUT2D eigenvalue weighted by Crippen LogP contribution is -2.35. The molecule has 2 rings (SSSR count). The average Bonchev–Trinajstić information content (AvgIpc) is 2.77. The van der Waals surface area contributed by atoms with Gasteiger partial charge in [0.1, 0.15) is 11.9 Å². The monoisotopic (exact) mass is 263 g/mol. The number of hydrogen-bond acceptors (Lipinski definition) is 4. The minimum Gasteiger partial charge on any atom is -0.444 e. The molecule has 0 aliphatic carbocycles. The van der Waals surface area contributed by atoms with E-state index in [2.05, 4.69) is 9.97 Å². The minimum atomic E-state index is -0.428. The molecular formula is C14H21N3O2. The van der Waals surface area contributed by atoms with Crippen LogP contribution in [0.25, 0.3) is 0 Å². The van der Waals surface area contributed by atoms with Crippen LogP contribution in [0.5, 0.6) is 0 Å². The quantitative estimate of drug-likeness (QED) is 0.821. The van der Waals surface area contributed by atoms with Crippen LogP contribution in [0, 0.1) is 5.92 Å². The Labute approximate surface area is 114 Å². The highest BCUT2D eigenvalue weighted by Crippen LogP contribution is 2.22. The molecule has 1 aromatic rings. The van der Waals surface area contributed by atoms with Gasteiger partial charge < -0.3 is 9.64 Å². The van der Waals surface area contributed by atoms with Crippen molar-refractivity contribution in [2.45, 2.75) is 39.2 Å². The van der Waals surface area contributed by atoms with Crippen molar-refractivity contribution in [1.82, 2.24) is 14.9 Å². The minimum absolute atomic E-state index is 0.209. The van der Waals surface area contributed by atoms with Gasteiger partial charge in [-0.25, -0.2) is 14.8 Å². The van der Waals surface area contributed by atoms with Crippen molar-refractivity contribution in [1.29, 1.82) is 0 Å². The molecule has 1 aliphatic rings. The molecule has 5 heteroatoms. The van der Waals surface area contributed by atoms with E-state index in [1.807, 2.05) is 33.2 Å². The second-order valence-electron chi connectivity index (χ2n) is 6.03. The Morgan fingerprint density at radius 2 is 2.11 bits per heavy atom. The Morgan fingerprint density at radius 3 is 2.74 bits per heavy atom. The van der Waals surface area contributed by atoms with Crippen LogP contribution in [0.4, 0.5) is 4.79 Å². The number of ether oxygens (including phenoxy) is 1. The van der Waals surface area contributed by atoms with Crippen LogP contribution in [0.2, 0.25) is 0 Å². The fourth-order valence-corrected chi connectivity index (χ4v) is 2.26. The highest BCUT2D eigenvalue weighted by atomic mass is 16.6. The number of carbonyl (C=O) groups is 1. The van der Waals surface area contributed by atoms with E-state index in [-0.39, 0.29) is 6.09 Å². The second-order valence-corrected chi connectivity index (χ2v) is 6.03. The molecule has 104 valence electrons. The van der Waals surface area contributed by atoms with Gasteiger partial charge in [-0.2, -0.15) is 0 Å². The zero-order chi connectivity index (χ0) is 13.9. The van der Waals surface area contributed by atoms with E-state index in [0.29, 0.717) is 5.92 Å². The third-order valence-corrected chi connectivity index (χ3v) is 3.08. The summed E-state index contributed by atoms with van der Waals surface area (Å²) in [5.74, 6) is 0.471. The Hall–Kier alpha value is -1.65. The van der Waals surface area contributed by atoms with Crippen molar-refractivity contribution in [3.63, 3.8) is 0 Å². The predicted octanol–water partition coefficient (Wildman–Crippen LogP) is 2.28. The molecule has 0 spiro atoms. The molecular weight excluding hydrogens is 242 g/mol. The Bertz CT molecular complexity index is 428. The highest BCUT2D eigenvalue weighted by molar-refractivity contribution is 5.68. The summed E-state index contributed by atoms with van der Waals surface area (Å²) in [6.07, 6.45) is 6.92. The first kappa shape index (κ1) is 13.8. The van der Waals surface area contributed by atoms with Crippen molar-refractivity contribution in [3.05, 3.63) is 24.3 Å². The van der Waals surface area contributed by atoms with Gasteiger partial charge in [-0.15, -0.1) is 0 Å². The lowest BCUT2D eigenvalue weighted by atomic mass is 10.0. The summed E-state index contributed by atoms with van der Waals surface area (Å²) in [5, 5.41) is 0. The van der Waals surface area contributed by atoms with Crippen molar-refractivity contribution < 1.29 is 9.53 Å². The summed E-state index contributed by atoms with van der Waals surface area (Å²) >= 11 is 0. The number of nitrogens with zero attached hydrogens (tertiary/aromatic N) is 3. The molecule has 1 atom stereocenters. The number of likely N-dealkylation sites (tertiary alicyclic amines) is 1. The van der Waals surface area contributed by atoms with Crippen molar-refractivity contribution in [2.24, 2.45) is 5.92 Å². The van der Waals surface area contributed by atoms with Crippen LogP contribution in [-0.4, -0.2) is 39.7 Å². The predicted molar refractivity (Wildman–Crippen MR) is 71.7 cm³/mol. The highest BCUT2D eigenvalue weighted by Gasteiger charge is 2.29. The van der Waals surface area contributed by atoms with Gasteiger partial charge in [0.25, 0.3) is 0 Å². The molecule has 0 aromatic carbocycles. The van der Waals surface area contributed by atoms with Crippen molar-refractivity contribution >= 4 is 6.09 Å². The van der Waals surface area contributed by atoms with E-state index >= 15 is 0 Å². The average molecular weight is 263 g/mol. The molecule has 2 heterocycles. The summed E-state index contributed by atoms with van der Waals surface area (Å²) < 4.78 is 5.38. The Kier molecular flexibility index (Phi) is 4.02. The zero-order valence-corrected chi connectivity index (χ0v) is 11.8. The van der Waals surface area contributed by atoms with E-state index in [1.165, 1.54) is 6.33 Å². The van der Waals surface area contributed by atoms with E-state index in [9.17, 15) is 4.79 Å². The molecule has 0 N–H and O–H groups in total. The van der Waals surface area contributed by atoms with Crippen molar-refractivity contribution in [2.75, 3.05) is 13.1 Å². The molecule has 1 unspecified atom stereocenters. The first-order valence-corrected chi connectivity index (χ1v) is 6.66. The molecule has 0 radical (unpaired) electrons. The molecule has 1 aromatic heterocycles. The first-order valence-electron chi connectivity index (χ1n) is 6.66. The number of rotatable bonds is 2. The summed E-state index contributed by atoms with van der Waals surface area (Å²) in [6, 6.07) is 0. The van der Waals surface area contributed by atoms with Gasteiger partial charge in [0.2, 0.25) is 0 Å². The fraction of sp³-hybridized carbons (Fsp3) is 0.643. The molecule has 0 saturated carbocycles. The zero-order valence-electron chi connectivity index (χ0n) is 11.8. The fourth-order valence-electron chi connectivity index (χ4n) is 2.26. The standard InChI is InChI=1S/C14H21N3O2/c1-14(2,3)19-13(18)17-5-4-11(9-17)6-12-7-15-10-16-8-12/h7-8,10-11H,4-6,9H2,1-3H3. The number of amides is 1. The van der Waals surface area contributed by atoms with Crippen molar-refractivity contribution in [3.8, 4) is 0 Å². The van der Waals surface area contributed by atoms with Crippen LogP contribution in [0.3, 0.4) is 0 Å². The lowest BCUT2D eigenvalue weighted by Gasteiger charge is -2.24. The van der Waals surface area contributed by atoms with E-state index in [0.717, 1.165) is 31.5 Å². The molecule has 19 heavy (non-hydrogen) atoms. The van der Waals surface area contributed by atoms with Gasteiger partial charge in [0.15, 0.2) is 0 Å².